The summed E-state index contributed by atoms with van der Waals surface area (Å²) in [5.41, 5.74) is 1.41. The molecule has 0 amide bonds. The third kappa shape index (κ3) is 5.62. The first-order valence-electron chi connectivity index (χ1n) is 3.97. The molecule has 0 spiro atoms. The van der Waals surface area contributed by atoms with Crippen LogP contribution in [0.15, 0.2) is 30.3 Å². The van der Waals surface area contributed by atoms with Gasteiger partial charge in [0.05, 0.1) is 0 Å². The van der Waals surface area contributed by atoms with Gasteiger partial charge >= 0.3 is 0 Å². The van der Waals surface area contributed by atoms with Crippen LogP contribution in [0.1, 0.15) is 26.3 Å². The molecule has 0 heterocycles. The van der Waals surface area contributed by atoms with Crippen LogP contribution >= 0.6 is 0 Å². The summed E-state index contributed by atoms with van der Waals surface area (Å²) in [6.07, 6.45) is 1.14. The number of hydrogen-bond donors (Lipinski definition) is 1. The second-order valence-corrected chi connectivity index (χ2v) is 1.84. The third-order valence-electron chi connectivity index (χ3n) is 1.25. The zero-order valence-electron chi connectivity index (χ0n) is 7.80. The van der Waals surface area contributed by atoms with Gasteiger partial charge in [0.15, 0.2) is 0 Å². The van der Waals surface area contributed by atoms with Gasteiger partial charge in [-0.2, -0.15) is 0 Å². The Morgan fingerprint density at radius 3 is 1.73 bits per heavy atom. The van der Waals surface area contributed by atoms with E-state index < -0.39 is 0 Å². The zero-order valence-corrected chi connectivity index (χ0v) is 7.80. The molecule has 0 unspecified atom stereocenters. The van der Waals surface area contributed by atoms with E-state index in [2.05, 4.69) is 31.2 Å². The van der Waals surface area contributed by atoms with Crippen molar-refractivity contribution in [1.82, 2.24) is 6.15 Å². The van der Waals surface area contributed by atoms with Crippen LogP contribution < -0.4 is 6.15 Å². The molecule has 0 bridgehead atoms. The van der Waals surface area contributed by atoms with Gasteiger partial charge in [0.2, 0.25) is 0 Å². The third-order valence-corrected chi connectivity index (χ3v) is 1.25. The first kappa shape index (κ1) is 12.8. The molecule has 0 saturated heterocycles. The lowest BCUT2D eigenvalue weighted by Gasteiger charge is -1.89. The molecule has 11 heavy (non-hydrogen) atoms. The van der Waals surface area contributed by atoms with E-state index in [1.165, 1.54) is 5.56 Å². The number of aryl methyl sites for hydroxylation is 1. The molecule has 0 atom stereocenters. The Hall–Kier alpha value is -0.820. The molecule has 1 heteroatoms. The summed E-state index contributed by atoms with van der Waals surface area (Å²) >= 11 is 0. The van der Waals surface area contributed by atoms with Gasteiger partial charge in [0.1, 0.15) is 0 Å². The molecule has 1 rings (SSSR count). The van der Waals surface area contributed by atoms with E-state index in [-0.39, 0.29) is 6.15 Å². The fourth-order valence-electron chi connectivity index (χ4n) is 0.714. The van der Waals surface area contributed by atoms with Crippen molar-refractivity contribution in [3.05, 3.63) is 35.9 Å². The summed E-state index contributed by atoms with van der Waals surface area (Å²) in [7, 11) is 0. The summed E-state index contributed by atoms with van der Waals surface area (Å²) in [4.78, 5) is 0. The van der Waals surface area contributed by atoms with Gasteiger partial charge in [0.25, 0.3) is 0 Å². The molecule has 1 aromatic carbocycles. The van der Waals surface area contributed by atoms with Gasteiger partial charge < -0.3 is 6.15 Å². The minimum absolute atomic E-state index is 0. The van der Waals surface area contributed by atoms with Crippen molar-refractivity contribution in [2.24, 2.45) is 0 Å². The van der Waals surface area contributed by atoms with E-state index in [0.29, 0.717) is 0 Å². The standard InChI is InChI=1S/C8H10.C2H6.H3N/c1-2-8-6-4-3-5-7-8;1-2;/h3-7H,2H2,1H3;1-2H3;1H3. The highest BCUT2D eigenvalue weighted by atomic mass is 14.0. The van der Waals surface area contributed by atoms with Crippen LogP contribution in [0.2, 0.25) is 0 Å². The SMILES string of the molecule is CC.CCc1ccccc1.N. The smallest absolute Gasteiger partial charge is 0.0307 e. The van der Waals surface area contributed by atoms with E-state index in [1.54, 1.807) is 0 Å². The van der Waals surface area contributed by atoms with Gasteiger partial charge in [-0.15, -0.1) is 0 Å². The Bertz CT molecular complexity index is 146. The van der Waals surface area contributed by atoms with Crippen LogP contribution in [0.4, 0.5) is 0 Å². The average molecular weight is 153 g/mol. The Balaban J connectivity index is 0. The Kier molecular flexibility index (Phi) is 10.7. The van der Waals surface area contributed by atoms with Crippen LogP contribution in [0.5, 0.6) is 0 Å². The van der Waals surface area contributed by atoms with Crippen molar-refractivity contribution in [3.8, 4) is 0 Å². The lowest BCUT2D eigenvalue weighted by molar-refractivity contribution is 1.14. The van der Waals surface area contributed by atoms with Crippen molar-refractivity contribution in [3.63, 3.8) is 0 Å². The molecular weight excluding hydrogens is 134 g/mol. The topological polar surface area (TPSA) is 35.0 Å². The largest absolute Gasteiger partial charge is 0.344 e. The normalized spacial score (nSPS) is 7.18. The van der Waals surface area contributed by atoms with Crippen LogP contribution in [0.3, 0.4) is 0 Å². The number of benzene rings is 1. The summed E-state index contributed by atoms with van der Waals surface area (Å²) in [5, 5.41) is 0. The van der Waals surface area contributed by atoms with Crippen LogP contribution in [-0.4, -0.2) is 0 Å². The van der Waals surface area contributed by atoms with Gasteiger partial charge in [-0.05, 0) is 12.0 Å². The molecule has 3 N–H and O–H groups in total. The monoisotopic (exact) mass is 153 g/mol. The molecule has 0 fully saturated rings. The highest BCUT2D eigenvalue weighted by Crippen LogP contribution is 1.96. The first-order chi connectivity index (χ1) is 4.93. The predicted octanol–water partition coefficient (Wildman–Crippen LogP) is 3.44. The molecule has 0 aromatic heterocycles. The highest BCUT2D eigenvalue weighted by Gasteiger charge is 1.79. The Morgan fingerprint density at radius 1 is 1.00 bits per heavy atom. The van der Waals surface area contributed by atoms with Crippen LogP contribution in [0, 0.1) is 0 Å². The van der Waals surface area contributed by atoms with E-state index in [1.807, 2.05) is 19.9 Å². The summed E-state index contributed by atoms with van der Waals surface area (Å²) in [6, 6.07) is 10.5. The molecule has 0 aliphatic carbocycles. The first-order valence-corrected chi connectivity index (χ1v) is 3.97. The molecule has 0 aliphatic heterocycles. The number of hydrogen-bond acceptors (Lipinski definition) is 1. The van der Waals surface area contributed by atoms with E-state index in [0.717, 1.165) is 6.42 Å². The molecule has 1 nitrogen and oxygen atoms in total. The Morgan fingerprint density at radius 2 is 1.45 bits per heavy atom. The lowest BCUT2D eigenvalue weighted by Crippen LogP contribution is -1.73. The molecule has 1 aromatic rings. The van der Waals surface area contributed by atoms with Crippen molar-refractivity contribution in [2.75, 3.05) is 0 Å². The van der Waals surface area contributed by atoms with E-state index >= 15 is 0 Å². The average Bonchev–Trinajstić information content (AvgIpc) is 2.10. The van der Waals surface area contributed by atoms with Crippen molar-refractivity contribution >= 4 is 0 Å². The summed E-state index contributed by atoms with van der Waals surface area (Å²) in [5.74, 6) is 0. The van der Waals surface area contributed by atoms with Crippen molar-refractivity contribution in [1.29, 1.82) is 0 Å². The summed E-state index contributed by atoms with van der Waals surface area (Å²) < 4.78 is 0. The lowest BCUT2D eigenvalue weighted by atomic mass is 10.2. The highest BCUT2D eigenvalue weighted by molar-refractivity contribution is 5.13. The zero-order chi connectivity index (χ0) is 7.82. The fourth-order valence-corrected chi connectivity index (χ4v) is 0.714. The van der Waals surface area contributed by atoms with Crippen LogP contribution in [-0.2, 0) is 6.42 Å². The quantitative estimate of drug-likeness (QED) is 0.659. The Labute approximate surface area is 70.0 Å². The second-order valence-electron chi connectivity index (χ2n) is 1.84. The van der Waals surface area contributed by atoms with E-state index in [9.17, 15) is 0 Å². The van der Waals surface area contributed by atoms with E-state index in [4.69, 9.17) is 0 Å². The molecule has 0 aliphatic rings. The predicted molar refractivity (Wildman–Crippen MR) is 52.2 cm³/mol. The number of rotatable bonds is 1. The maximum absolute atomic E-state index is 2.16. The van der Waals surface area contributed by atoms with Gasteiger partial charge in [-0.3, -0.25) is 0 Å². The van der Waals surface area contributed by atoms with Crippen LogP contribution in [0.25, 0.3) is 0 Å². The van der Waals surface area contributed by atoms with Crippen molar-refractivity contribution < 1.29 is 0 Å². The molecule has 0 saturated carbocycles. The maximum atomic E-state index is 2.16. The maximum Gasteiger partial charge on any atom is -0.0307 e. The van der Waals surface area contributed by atoms with Gasteiger partial charge in [-0.1, -0.05) is 51.1 Å². The molecular formula is C10H19N. The summed E-state index contributed by atoms with van der Waals surface area (Å²) in [6.45, 7) is 6.16. The second kappa shape index (κ2) is 9.18. The minimum Gasteiger partial charge on any atom is -0.344 e. The van der Waals surface area contributed by atoms with Gasteiger partial charge in [0, 0.05) is 0 Å². The fraction of sp³-hybridized carbons (Fsp3) is 0.400. The molecule has 0 radical (unpaired) electrons. The molecule has 64 valence electrons. The van der Waals surface area contributed by atoms with Gasteiger partial charge in [-0.25, -0.2) is 0 Å². The minimum atomic E-state index is 0. The van der Waals surface area contributed by atoms with Crippen molar-refractivity contribution in [2.45, 2.75) is 27.2 Å².